The lowest BCUT2D eigenvalue weighted by atomic mass is 9.98. The number of hydrogen-bond donors (Lipinski definition) is 0. The minimum Gasteiger partial charge on any atom is -0.310 e. The minimum atomic E-state index is 1.14. The van der Waals surface area contributed by atoms with Crippen LogP contribution in [0.5, 0.6) is 0 Å². The zero-order chi connectivity index (χ0) is 52.2. The van der Waals surface area contributed by atoms with Crippen molar-refractivity contribution in [3.05, 3.63) is 255 Å². The Bertz CT molecular complexity index is 5280. The van der Waals surface area contributed by atoms with E-state index in [1.807, 2.05) is 45.3 Å². The van der Waals surface area contributed by atoms with Crippen LogP contribution in [0.25, 0.3) is 135 Å². The first-order valence-corrected chi connectivity index (χ1v) is 30.4. The van der Waals surface area contributed by atoms with E-state index >= 15 is 0 Å². The number of thiophene rings is 4. The molecular weight excluding hydrogens is 1050 g/mol. The second-order valence-corrected chi connectivity index (χ2v) is 25.3. The maximum atomic E-state index is 2.48. The van der Waals surface area contributed by atoms with E-state index in [1.54, 1.807) is 0 Å². The van der Waals surface area contributed by atoms with Crippen LogP contribution in [0, 0.1) is 0 Å². The highest BCUT2D eigenvalue weighted by Gasteiger charge is 2.24. The first-order chi connectivity index (χ1) is 39.7. The van der Waals surface area contributed by atoms with Gasteiger partial charge in [0.05, 0.1) is 11.4 Å². The summed E-state index contributed by atoms with van der Waals surface area (Å²) in [7, 11) is 0. The summed E-state index contributed by atoms with van der Waals surface area (Å²) in [6.07, 6.45) is 0. The van der Waals surface area contributed by atoms with Crippen LogP contribution in [0.4, 0.5) is 34.1 Å². The molecule has 0 amide bonds. The van der Waals surface area contributed by atoms with Gasteiger partial charge in [-0.3, -0.25) is 0 Å². The molecule has 4 heterocycles. The summed E-state index contributed by atoms with van der Waals surface area (Å²) in [5, 5.41) is 23.4. The van der Waals surface area contributed by atoms with Gasteiger partial charge in [-0.15, -0.1) is 45.3 Å². The Morgan fingerprint density at radius 2 is 0.550 bits per heavy atom. The quantitative estimate of drug-likeness (QED) is 0.164. The van der Waals surface area contributed by atoms with Crippen LogP contribution >= 0.6 is 45.3 Å². The molecule has 0 unspecified atom stereocenters. The summed E-state index contributed by atoms with van der Waals surface area (Å²) in [4.78, 5) is 4.96. The molecule has 0 saturated carbocycles. The topological polar surface area (TPSA) is 6.48 Å². The lowest BCUT2D eigenvalue weighted by molar-refractivity contribution is 1.31. The van der Waals surface area contributed by atoms with Crippen molar-refractivity contribution in [2.24, 2.45) is 0 Å². The Labute approximate surface area is 475 Å². The molecule has 14 aromatic carbocycles. The lowest BCUT2D eigenvalue weighted by Gasteiger charge is -2.27. The molecule has 0 N–H and O–H groups in total. The van der Waals surface area contributed by atoms with E-state index in [0.29, 0.717) is 0 Å². The first-order valence-electron chi connectivity index (χ1n) is 27.1. The molecule has 0 aliphatic carbocycles. The molecule has 0 fully saturated rings. The third-order valence-corrected chi connectivity index (χ3v) is 21.4. The van der Waals surface area contributed by atoms with Gasteiger partial charge < -0.3 is 9.80 Å². The third kappa shape index (κ3) is 6.50. The third-order valence-electron chi connectivity index (χ3n) is 16.8. The van der Waals surface area contributed by atoms with Crippen molar-refractivity contribution >= 4 is 214 Å². The summed E-state index contributed by atoms with van der Waals surface area (Å²) in [5.74, 6) is 0. The van der Waals surface area contributed by atoms with Crippen LogP contribution < -0.4 is 9.80 Å². The predicted octanol–water partition coefficient (Wildman–Crippen LogP) is 23.9. The number of anilines is 6. The maximum absolute atomic E-state index is 2.48. The summed E-state index contributed by atoms with van der Waals surface area (Å²) >= 11 is 7.63. The monoisotopic (exact) mass is 1090 g/mol. The molecular formula is C74H42N2S4. The number of rotatable bonds is 6. The van der Waals surface area contributed by atoms with Crippen molar-refractivity contribution in [3.8, 4) is 0 Å². The van der Waals surface area contributed by atoms with E-state index in [-0.39, 0.29) is 0 Å². The van der Waals surface area contributed by atoms with Crippen LogP contribution in [-0.2, 0) is 0 Å². The first kappa shape index (κ1) is 44.8. The van der Waals surface area contributed by atoms with Crippen LogP contribution in [-0.4, -0.2) is 0 Å². The van der Waals surface area contributed by atoms with Crippen LogP contribution in [0.2, 0.25) is 0 Å². The average molecular weight is 1090 g/mol. The maximum Gasteiger partial charge on any atom is 0.0554 e. The largest absolute Gasteiger partial charge is 0.310 e. The van der Waals surface area contributed by atoms with E-state index in [1.165, 1.54) is 146 Å². The second-order valence-electron chi connectivity index (χ2n) is 21.0. The standard InChI is InChI=1S/C74H42N2S4/c1-3-17-45(18-4-1)75(61-41-67-71(55-25-13-11-23-51(55)61)69-49-21-9-7-15-43(49)27-37-63(69)77-67)47-29-31-53-57-33-35-60-59(73(57)79-65(53)39-47)36-34-58-54-32-30-48(40-66(54)80-74(58)60)76(46-19-5-2-6-20-46)62-42-68-72(56-26-14-12-24-52(56)62)70-50-22-10-8-16-44(50)28-38-64(70)78-68/h1-42H. The van der Waals surface area contributed by atoms with Gasteiger partial charge in [-0.2, -0.15) is 0 Å². The Hall–Kier alpha value is -9.14. The number of fused-ring (bicyclic) bond motifs is 23. The van der Waals surface area contributed by atoms with Gasteiger partial charge in [0, 0.05) is 125 Å². The molecule has 0 saturated heterocycles. The molecule has 18 aromatic rings. The van der Waals surface area contributed by atoms with E-state index in [2.05, 4.69) is 265 Å². The Morgan fingerprint density at radius 3 is 0.988 bits per heavy atom. The highest BCUT2D eigenvalue weighted by molar-refractivity contribution is 7.28. The van der Waals surface area contributed by atoms with E-state index < -0.39 is 0 Å². The van der Waals surface area contributed by atoms with Crippen molar-refractivity contribution in [2.45, 2.75) is 0 Å². The lowest BCUT2D eigenvalue weighted by Crippen LogP contribution is -2.10. The fourth-order valence-electron chi connectivity index (χ4n) is 13.3. The summed E-state index contributed by atoms with van der Waals surface area (Å²) in [5.41, 5.74) is 6.93. The Balaban J connectivity index is 0.784. The van der Waals surface area contributed by atoms with Gasteiger partial charge in [-0.1, -0.05) is 182 Å². The molecule has 0 radical (unpaired) electrons. The molecule has 80 heavy (non-hydrogen) atoms. The van der Waals surface area contributed by atoms with Crippen molar-refractivity contribution in [1.29, 1.82) is 0 Å². The number of benzene rings is 14. The smallest absolute Gasteiger partial charge is 0.0554 e. The highest BCUT2D eigenvalue weighted by Crippen LogP contribution is 2.52. The molecule has 0 aliphatic rings. The molecule has 0 aliphatic heterocycles. The number of hydrogen-bond acceptors (Lipinski definition) is 6. The Kier molecular flexibility index (Phi) is 9.62. The van der Waals surface area contributed by atoms with Crippen LogP contribution in [0.1, 0.15) is 0 Å². The predicted molar refractivity (Wildman–Crippen MR) is 355 cm³/mol. The molecule has 0 bridgehead atoms. The Morgan fingerprint density at radius 1 is 0.200 bits per heavy atom. The molecule has 18 rings (SSSR count). The molecule has 6 heteroatoms. The van der Waals surface area contributed by atoms with E-state index in [4.69, 9.17) is 0 Å². The number of nitrogens with zero attached hydrogens (tertiary/aromatic N) is 2. The van der Waals surface area contributed by atoms with Crippen molar-refractivity contribution in [2.75, 3.05) is 9.80 Å². The second kappa shape index (κ2) is 17.2. The number of para-hydroxylation sites is 2. The van der Waals surface area contributed by atoms with E-state index in [0.717, 1.165) is 22.7 Å². The van der Waals surface area contributed by atoms with Gasteiger partial charge in [-0.25, -0.2) is 0 Å². The van der Waals surface area contributed by atoms with E-state index in [9.17, 15) is 0 Å². The fourth-order valence-corrected chi connectivity index (χ4v) is 18.1. The zero-order valence-electron chi connectivity index (χ0n) is 42.8. The SMILES string of the molecule is c1ccc(N(c2ccc3c(c2)sc2c3ccc3c2ccc2c4ccc(N(c5ccccc5)c5cc6sc7ccc8ccccc8c7c6c6ccccc56)cc4sc23)c2cc3sc4ccc5ccccc5c4c3c3ccccc23)cc1. The van der Waals surface area contributed by atoms with Crippen molar-refractivity contribution < 1.29 is 0 Å². The molecule has 372 valence electrons. The molecule has 4 aromatic heterocycles. The molecule has 0 spiro atoms. The summed E-state index contributed by atoms with van der Waals surface area (Å²) in [6.45, 7) is 0. The molecule has 2 nitrogen and oxygen atoms in total. The van der Waals surface area contributed by atoms with Gasteiger partial charge in [0.1, 0.15) is 0 Å². The minimum absolute atomic E-state index is 1.14. The molecule has 0 atom stereocenters. The average Bonchev–Trinajstić information content (AvgIpc) is 4.45. The highest BCUT2D eigenvalue weighted by atomic mass is 32.1. The van der Waals surface area contributed by atoms with Crippen LogP contribution in [0.3, 0.4) is 0 Å². The van der Waals surface area contributed by atoms with Gasteiger partial charge in [0.15, 0.2) is 0 Å². The van der Waals surface area contributed by atoms with Crippen molar-refractivity contribution in [3.63, 3.8) is 0 Å². The fraction of sp³-hybridized carbons (Fsp3) is 0. The van der Waals surface area contributed by atoms with Gasteiger partial charge in [0.25, 0.3) is 0 Å². The summed E-state index contributed by atoms with van der Waals surface area (Å²) < 4.78 is 10.4. The van der Waals surface area contributed by atoms with Crippen LogP contribution in [0.15, 0.2) is 255 Å². The zero-order valence-corrected chi connectivity index (χ0v) is 46.0. The van der Waals surface area contributed by atoms with Gasteiger partial charge in [0.2, 0.25) is 0 Å². The van der Waals surface area contributed by atoms with Crippen molar-refractivity contribution in [1.82, 2.24) is 0 Å². The normalized spacial score (nSPS) is 12.2. The summed E-state index contributed by atoms with van der Waals surface area (Å²) in [6, 6.07) is 95.3. The van der Waals surface area contributed by atoms with Gasteiger partial charge in [-0.05, 0) is 105 Å². The van der Waals surface area contributed by atoms with Gasteiger partial charge >= 0.3 is 0 Å².